The molecule has 1 aliphatic heterocycles. The number of aromatic nitrogens is 1. The zero-order chi connectivity index (χ0) is 36.5. The molecule has 12 nitrogen and oxygen atoms in total. The van der Waals surface area contributed by atoms with Crippen LogP contribution in [-0.2, 0) is 39.1 Å². The number of benzene rings is 2. The molecule has 2 aliphatic rings. The van der Waals surface area contributed by atoms with Gasteiger partial charge in [-0.05, 0) is 60.9 Å². The van der Waals surface area contributed by atoms with Crippen molar-refractivity contribution in [2.45, 2.75) is 82.2 Å². The lowest BCUT2D eigenvalue weighted by atomic mass is 9.97. The van der Waals surface area contributed by atoms with Crippen LogP contribution in [0.5, 0.6) is 5.75 Å². The van der Waals surface area contributed by atoms with Gasteiger partial charge in [0.2, 0.25) is 15.9 Å². The number of aliphatic hydroxyl groups excluding tert-OH is 1. The number of hydrogen-bond donors (Lipinski definition) is 2. The number of carbonyl (C=O) groups is 2. The number of ether oxygens (including phenoxy) is 2. The SMILES string of the molecule is COCc1nc(CN2CCN([C@H](C(=O)NC(Cc3ccccc3)[C@H](O)CN(CC3CCCC3)S(=O)(=O)c3ccc(OC)cc3)C(C)C)C2=O)cs1. The van der Waals surface area contributed by atoms with E-state index in [1.54, 1.807) is 29.0 Å². The van der Waals surface area contributed by atoms with Crippen LogP contribution in [-0.4, -0.2) is 103 Å². The normalized spacial score (nSPS) is 17.4. The molecule has 1 saturated heterocycles. The Morgan fingerprint density at radius 2 is 1.78 bits per heavy atom. The number of hydrogen-bond acceptors (Lipinski definition) is 9. The minimum absolute atomic E-state index is 0.113. The Morgan fingerprint density at radius 3 is 2.43 bits per heavy atom. The molecule has 0 spiro atoms. The summed E-state index contributed by atoms with van der Waals surface area (Å²) in [5, 5.41) is 17.7. The lowest BCUT2D eigenvalue weighted by Crippen LogP contribution is -2.57. The fourth-order valence-electron chi connectivity index (χ4n) is 7.02. The maximum absolute atomic E-state index is 14.2. The highest BCUT2D eigenvalue weighted by atomic mass is 32.2. The first kappa shape index (κ1) is 38.7. The number of amides is 3. The molecule has 1 aliphatic carbocycles. The van der Waals surface area contributed by atoms with Crippen molar-refractivity contribution in [3.8, 4) is 5.75 Å². The van der Waals surface area contributed by atoms with Gasteiger partial charge in [0.15, 0.2) is 0 Å². The molecule has 3 amide bonds. The molecule has 3 aromatic rings. The van der Waals surface area contributed by atoms with Gasteiger partial charge in [0, 0.05) is 38.7 Å². The molecule has 14 heteroatoms. The summed E-state index contributed by atoms with van der Waals surface area (Å²) >= 11 is 1.48. The quantitative estimate of drug-likeness (QED) is 0.194. The molecule has 2 aromatic carbocycles. The number of aliphatic hydroxyl groups is 1. The van der Waals surface area contributed by atoms with E-state index in [1.807, 2.05) is 49.6 Å². The van der Waals surface area contributed by atoms with Crippen LogP contribution in [0.1, 0.15) is 55.8 Å². The summed E-state index contributed by atoms with van der Waals surface area (Å²) < 4.78 is 40.0. The molecule has 1 aromatic heterocycles. The van der Waals surface area contributed by atoms with Crippen molar-refractivity contribution in [2.75, 3.05) is 40.4 Å². The van der Waals surface area contributed by atoms with Gasteiger partial charge >= 0.3 is 6.03 Å². The van der Waals surface area contributed by atoms with Gasteiger partial charge in [-0.3, -0.25) is 4.79 Å². The zero-order valence-corrected chi connectivity index (χ0v) is 31.6. The van der Waals surface area contributed by atoms with Gasteiger partial charge in [-0.2, -0.15) is 4.31 Å². The number of carbonyl (C=O) groups excluding carboxylic acids is 2. The van der Waals surface area contributed by atoms with Crippen molar-refractivity contribution in [1.29, 1.82) is 0 Å². The monoisotopic (exact) mass is 741 g/mol. The Hall–Kier alpha value is -3.56. The van der Waals surface area contributed by atoms with E-state index in [9.17, 15) is 23.1 Å². The molecule has 2 heterocycles. The Labute approximate surface area is 305 Å². The second kappa shape index (κ2) is 17.8. The molecule has 1 saturated carbocycles. The summed E-state index contributed by atoms with van der Waals surface area (Å²) in [5.74, 6) is 0.0974. The van der Waals surface area contributed by atoms with E-state index in [-0.39, 0.29) is 42.3 Å². The molecular weight excluding hydrogens is 691 g/mol. The van der Waals surface area contributed by atoms with Crippen LogP contribution in [0.15, 0.2) is 64.9 Å². The summed E-state index contributed by atoms with van der Waals surface area (Å²) in [6, 6.07) is 13.8. The molecule has 51 heavy (non-hydrogen) atoms. The number of thiazole rings is 1. The van der Waals surface area contributed by atoms with Gasteiger partial charge < -0.3 is 29.7 Å². The molecule has 0 radical (unpaired) electrons. The fourth-order valence-corrected chi connectivity index (χ4v) is 9.31. The number of sulfonamides is 1. The van der Waals surface area contributed by atoms with E-state index in [0.29, 0.717) is 32.0 Å². The smallest absolute Gasteiger partial charge is 0.321 e. The fraction of sp³-hybridized carbons (Fsp3) is 0.541. The van der Waals surface area contributed by atoms with Crippen molar-refractivity contribution in [1.82, 2.24) is 24.4 Å². The van der Waals surface area contributed by atoms with Crippen molar-refractivity contribution in [2.24, 2.45) is 11.8 Å². The summed E-state index contributed by atoms with van der Waals surface area (Å²) in [6.07, 6.45) is 2.95. The molecule has 2 fully saturated rings. The first-order chi connectivity index (χ1) is 24.5. The predicted molar refractivity (Wildman–Crippen MR) is 196 cm³/mol. The predicted octanol–water partition coefficient (Wildman–Crippen LogP) is 4.53. The van der Waals surface area contributed by atoms with Crippen molar-refractivity contribution < 1.29 is 32.6 Å². The minimum Gasteiger partial charge on any atom is -0.497 e. The summed E-state index contributed by atoms with van der Waals surface area (Å²) in [7, 11) is -0.858. The van der Waals surface area contributed by atoms with Gasteiger partial charge in [0.05, 0.1) is 43.0 Å². The molecule has 2 N–H and O–H groups in total. The third-order valence-electron chi connectivity index (χ3n) is 9.70. The van der Waals surface area contributed by atoms with E-state index in [1.165, 1.54) is 34.9 Å². The lowest BCUT2D eigenvalue weighted by molar-refractivity contribution is -0.128. The maximum Gasteiger partial charge on any atom is 0.321 e. The second-order valence-electron chi connectivity index (χ2n) is 13.8. The number of nitrogens with one attached hydrogen (secondary N) is 1. The molecule has 1 unspecified atom stereocenters. The van der Waals surface area contributed by atoms with Gasteiger partial charge in [-0.1, -0.05) is 57.0 Å². The molecule has 278 valence electrons. The van der Waals surface area contributed by atoms with Gasteiger partial charge in [0.1, 0.15) is 16.8 Å². The van der Waals surface area contributed by atoms with E-state index in [0.717, 1.165) is 41.9 Å². The molecule has 0 bridgehead atoms. The van der Waals surface area contributed by atoms with Crippen LogP contribution < -0.4 is 10.1 Å². The van der Waals surface area contributed by atoms with E-state index < -0.39 is 34.1 Å². The minimum atomic E-state index is -3.99. The summed E-state index contributed by atoms with van der Waals surface area (Å²) in [5.41, 5.74) is 1.65. The Kier molecular flexibility index (Phi) is 13.5. The van der Waals surface area contributed by atoms with Crippen LogP contribution >= 0.6 is 11.3 Å². The average molecular weight is 742 g/mol. The van der Waals surface area contributed by atoms with E-state index in [2.05, 4.69) is 10.3 Å². The highest BCUT2D eigenvalue weighted by Crippen LogP contribution is 2.29. The van der Waals surface area contributed by atoms with Crippen LogP contribution in [0.2, 0.25) is 0 Å². The third-order valence-corrected chi connectivity index (χ3v) is 12.4. The zero-order valence-electron chi connectivity index (χ0n) is 29.9. The lowest BCUT2D eigenvalue weighted by Gasteiger charge is -2.34. The van der Waals surface area contributed by atoms with E-state index in [4.69, 9.17) is 9.47 Å². The first-order valence-corrected chi connectivity index (χ1v) is 20.0. The van der Waals surface area contributed by atoms with Gasteiger partial charge in [-0.15, -0.1) is 11.3 Å². The standard InChI is InChI=1S/C37H51N5O7S2/c1-26(2)35(42-19-18-40(37(42)45)22-29-25-50-34(38-29)24-48-3)36(44)39-32(20-27-10-6-5-7-11-27)33(43)23-41(21-28-12-8-9-13-28)51(46,47)31-16-14-30(49-4)15-17-31/h5-7,10-11,14-17,25-26,28,32-33,35,43H,8-9,12-13,18-24H2,1-4H3,(H,39,44)/t32?,33-,35+/m1/s1. The van der Waals surface area contributed by atoms with Crippen LogP contribution in [0, 0.1) is 11.8 Å². The van der Waals surface area contributed by atoms with E-state index >= 15 is 0 Å². The van der Waals surface area contributed by atoms with Crippen molar-refractivity contribution in [3.05, 3.63) is 76.2 Å². The van der Waals surface area contributed by atoms with Gasteiger partial charge in [-0.25, -0.2) is 18.2 Å². The molecular formula is C37H51N5O7S2. The molecule has 5 rings (SSSR count). The Balaban J connectivity index is 1.36. The van der Waals surface area contributed by atoms with Gasteiger partial charge in [0.25, 0.3) is 0 Å². The second-order valence-corrected chi connectivity index (χ2v) is 16.7. The average Bonchev–Trinajstić information content (AvgIpc) is 3.88. The largest absolute Gasteiger partial charge is 0.497 e. The summed E-state index contributed by atoms with van der Waals surface area (Å²) in [6.45, 7) is 5.41. The number of nitrogens with zero attached hydrogens (tertiary/aromatic N) is 4. The first-order valence-electron chi connectivity index (χ1n) is 17.6. The summed E-state index contributed by atoms with van der Waals surface area (Å²) in [4.78, 5) is 35.8. The highest BCUT2D eigenvalue weighted by molar-refractivity contribution is 7.89. The highest BCUT2D eigenvalue weighted by Gasteiger charge is 2.41. The topological polar surface area (TPSA) is 142 Å². The van der Waals surface area contributed by atoms with Crippen molar-refractivity contribution >= 4 is 33.3 Å². The van der Waals surface area contributed by atoms with Crippen LogP contribution in [0.4, 0.5) is 4.79 Å². The molecule has 3 atom stereocenters. The van der Waals surface area contributed by atoms with Crippen LogP contribution in [0.3, 0.4) is 0 Å². The van der Waals surface area contributed by atoms with Crippen molar-refractivity contribution in [3.63, 3.8) is 0 Å². The van der Waals surface area contributed by atoms with Crippen LogP contribution in [0.25, 0.3) is 0 Å². The number of methoxy groups -OCH3 is 2. The maximum atomic E-state index is 14.2. The Morgan fingerprint density at radius 1 is 1.08 bits per heavy atom. The third kappa shape index (κ3) is 9.86. The number of urea groups is 1. The Bertz CT molecular complexity index is 1680. The number of rotatable bonds is 18.